The summed E-state index contributed by atoms with van der Waals surface area (Å²) in [5.74, 6) is 0.0766. The SMILES string of the molecule is Cc1cc(NC(=O)CCN2C(=O)c3ccccc3N3C(=O)CCC23C)n(-c2cccc(Cl)c2)n1. The monoisotopic (exact) mass is 477 g/mol. The molecule has 34 heavy (non-hydrogen) atoms. The van der Waals surface area contributed by atoms with Crippen LogP contribution in [0.25, 0.3) is 5.69 Å². The van der Waals surface area contributed by atoms with Gasteiger partial charge in [-0.05, 0) is 50.6 Å². The number of nitrogens with one attached hydrogen (secondary N) is 1. The van der Waals surface area contributed by atoms with Gasteiger partial charge < -0.3 is 10.2 Å². The molecule has 1 unspecified atom stereocenters. The Morgan fingerprint density at radius 1 is 1.15 bits per heavy atom. The first-order chi connectivity index (χ1) is 16.3. The molecule has 1 aromatic heterocycles. The van der Waals surface area contributed by atoms with Gasteiger partial charge in [0.25, 0.3) is 5.91 Å². The molecule has 1 atom stereocenters. The number of carbonyl (C=O) groups is 3. The number of fused-ring (bicyclic) bond motifs is 3. The van der Waals surface area contributed by atoms with Crippen LogP contribution in [0.5, 0.6) is 0 Å². The van der Waals surface area contributed by atoms with Crippen LogP contribution in [-0.4, -0.2) is 44.6 Å². The minimum Gasteiger partial charge on any atom is -0.315 e. The Morgan fingerprint density at radius 3 is 2.74 bits per heavy atom. The van der Waals surface area contributed by atoms with Gasteiger partial charge in [-0.1, -0.05) is 29.8 Å². The predicted octanol–water partition coefficient (Wildman–Crippen LogP) is 4.16. The van der Waals surface area contributed by atoms with E-state index in [-0.39, 0.29) is 30.7 Å². The second kappa shape index (κ2) is 8.29. The molecule has 3 amide bonds. The quantitative estimate of drug-likeness (QED) is 0.597. The highest BCUT2D eigenvalue weighted by molar-refractivity contribution is 6.30. The van der Waals surface area contributed by atoms with E-state index in [1.165, 1.54) is 0 Å². The van der Waals surface area contributed by atoms with Gasteiger partial charge in [0.15, 0.2) is 0 Å². The van der Waals surface area contributed by atoms with E-state index < -0.39 is 5.66 Å². The van der Waals surface area contributed by atoms with Gasteiger partial charge in [-0.3, -0.25) is 19.3 Å². The van der Waals surface area contributed by atoms with Gasteiger partial charge in [0, 0.05) is 30.5 Å². The molecular weight excluding hydrogens is 454 g/mol. The highest BCUT2D eigenvalue weighted by atomic mass is 35.5. The van der Waals surface area contributed by atoms with Crippen molar-refractivity contribution in [3.05, 3.63) is 70.9 Å². The standard InChI is InChI=1S/C25H24ClN5O3/c1-16-14-21(31(28-16)18-7-5-6-17(26)15-18)27-22(32)11-13-29-24(34)19-8-3-4-9-20(19)30-23(33)10-12-25(29,30)2/h3-9,14-15H,10-13H2,1-2H3,(H,27,32). The number of hydrogen-bond donors (Lipinski definition) is 1. The lowest BCUT2D eigenvalue weighted by Gasteiger charge is -2.48. The maximum atomic E-state index is 13.3. The van der Waals surface area contributed by atoms with Gasteiger partial charge in [-0.15, -0.1) is 0 Å². The molecule has 0 aliphatic carbocycles. The summed E-state index contributed by atoms with van der Waals surface area (Å²) in [5.41, 5.74) is 1.79. The van der Waals surface area contributed by atoms with Crippen LogP contribution in [0.1, 0.15) is 42.2 Å². The number of amides is 3. The van der Waals surface area contributed by atoms with E-state index in [1.54, 1.807) is 50.9 Å². The van der Waals surface area contributed by atoms with E-state index in [1.807, 2.05) is 32.0 Å². The summed E-state index contributed by atoms with van der Waals surface area (Å²) < 4.78 is 1.63. The Morgan fingerprint density at radius 2 is 1.94 bits per heavy atom. The number of para-hydroxylation sites is 1. The third kappa shape index (κ3) is 3.64. The van der Waals surface area contributed by atoms with Crippen molar-refractivity contribution in [2.45, 2.75) is 38.8 Å². The Hall–Kier alpha value is -3.65. The van der Waals surface area contributed by atoms with Crippen LogP contribution in [0.3, 0.4) is 0 Å². The van der Waals surface area contributed by atoms with Crippen molar-refractivity contribution >= 4 is 40.8 Å². The number of aryl methyl sites for hydroxylation is 1. The fraction of sp³-hybridized carbons (Fsp3) is 0.280. The fourth-order valence-corrected chi connectivity index (χ4v) is 5.04. The lowest BCUT2D eigenvalue weighted by molar-refractivity contribution is -0.117. The zero-order chi connectivity index (χ0) is 24.0. The van der Waals surface area contributed by atoms with E-state index in [4.69, 9.17) is 11.6 Å². The summed E-state index contributed by atoms with van der Waals surface area (Å²) >= 11 is 6.12. The zero-order valence-electron chi connectivity index (χ0n) is 18.9. The van der Waals surface area contributed by atoms with E-state index in [0.29, 0.717) is 34.9 Å². The smallest absolute Gasteiger partial charge is 0.257 e. The molecule has 1 fully saturated rings. The predicted molar refractivity (Wildman–Crippen MR) is 129 cm³/mol. The first kappa shape index (κ1) is 22.2. The third-order valence-electron chi connectivity index (χ3n) is 6.46. The summed E-state index contributed by atoms with van der Waals surface area (Å²) in [6, 6.07) is 16.1. The first-order valence-electron chi connectivity index (χ1n) is 11.1. The lowest BCUT2D eigenvalue weighted by Crippen LogP contribution is -2.62. The van der Waals surface area contributed by atoms with Gasteiger partial charge in [-0.25, -0.2) is 4.68 Å². The summed E-state index contributed by atoms with van der Waals surface area (Å²) in [4.78, 5) is 42.3. The number of nitrogens with zero attached hydrogens (tertiary/aromatic N) is 4. The van der Waals surface area contributed by atoms with Crippen molar-refractivity contribution in [1.82, 2.24) is 14.7 Å². The fourth-order valence-electron chi connectivity index (χ4n) is 4.85. The summed E-state index contributed by atoms with van der Waals surface area (Å²) in [6.45, 7) is 3.91. The number of halogens is 1. The van der Waals surface area contributed by atoms with Gasteiger partial charge in [0.2, 0.25) is 11.8 Å². The highest BCUT2D eigenvalue weighted by Crippen LogP contribution is 2.44. The molecule has 2 aliphatic rings. The molecule has 0 saturated carbocycles. The number of anilines is 2. The second-order valence-electron chi connectivity index (χ2n) is 8.78. The van der Waals surface area contributed by atoms with Crippen molar-refractivity contribution in [3.63, 3.8) is 0 Å². The molecule has 9 heteroatoms. The number of hydrogen-bond acceptors (Lipinski definition) is 4. The minimum absolute atomic E-state index is 0.0159. The lowest BCUT2D eigenvalue weighted by atomic mass is 9.98. The molecule has 0 bridgehead atoms. The molecule has 2 aromatic carbocycles. The summed E-state index contributed by atoms with van der Waals surface area (Å²) in [7, 11) is 0. The van der Waals surface area contributed by atoms with Gasteiger partial charge in [-0.2, -0.15) is 5.10 Å². The van der Waals surface area contributed by atoms with Crippen molar-refractivity contribution < 1.29 is 14.4 Å². The number of rotatable bonds is 5. The molecule has 1 N–H and O–H groups in total. The molecule has 174 valence electrons. The molecule has 0 radical (unpaired) electrons. The Bertz CT molecular complexity index is 1320. The minimum atomic E-state index is -0.790. The molecule has 3 aromatic rings. The average molecular weight is 478 g/mol. The van der Waals surface area contributed by atoms with Crippen molar-refractivity contribution in [3.8, 4) is 5.69 Å². The molecule has 2 aliphatic heterocycles. The van der Waals surface area contributed by atoms with Crippen LogP contribution >= 0.6 is 11.6 Å². The van der Waals surface area contributed by atoms with Crippen molar-refractivity contribution in [2.24, 2.45) is 0 Å². The summed E-state index contributed by atoms with van der Waals surface area (Å²) in [6.07, 6.45) is 0.957. The Labute approximate surface area is 202 Å². The highest BCUT2D eigenvalue weighted by Gasteiger charge is 2.52. The summed E-state index contributed by atoms with van der Waals surface area (Å²) in [5, 5.41) is 7.93. The topological polar surface area (TPSA) is 87.5 Å². The Balaban J connectivity index is 1.36. The normalized spacial score (nSPS) is 19.3. The van der Waals surface area contributed by atoms with Crippen molar-refractivity contribution in [1.29, 1.82) is 0 Å². The Kier molecular flexibility index (Phi) is 5.40. The van der Waals surface area contributed by atoms with Crippen LogP contribution in [0.4, 0.5) is 11.5 Å². The van der Waals surface area contributed by atoms with Crippen LogP contribution < -0.4 is 10.2 Å². The van der Waals surface area contributed by atoms with Gasteiger partial charge in [0.05, 0.1) is 22.6 Å². The van der Waals surface area contributed by atoms with E-state index in [2.05, 4.69) is 10.4 Å². The van der Waals surface area contributed by atoms with E-state index in [9.17, 15) is 14.4 Å². The molecule has 3 heterocycles. The van der Waals surface area contributed by atoms with Crippen LogP contribution in [0.15, 0.2) is 54.6 Å². The number of benzene rings is 2. The maximum Gasteiger partial charge on any atom is 0.257 e. The van der Waals surface area contributed by atoms with Crippen molar-refractivity contribution in [2.75, 3.05) is 16.8 Å². The molecule has 8 nitrogen and oxygen atoms in total. The average Bonchev–Trinajstić information content (AvgIpc) is 3.32. The second-order valence-corrected chi connectivity index (χ2v) is 9.22. The van der Waals surface area contributed by atoms with Gasteiger partial charge in [0.1, 0.15) is 11.5 Å². The number of aromatic nitrogens is 2. The van der Waals surface area contributed by atoms with Crippen LogP contribution in [0, 0.1) is 6.92 Å². The molecular formula is C25H24ClN5O3. The van der Waals surface area contributed by atoms with E-state index in [0.717, 1.165) is 11.4 Å². The number of carbonyl (C=O) groups excluding carboxylic acids is 3. The third-order valence-corrected chi connectivity index (χ3v) is 6.69. The van der Waals surface area contributed by atoms with Crippen LogP contribution in [-0.2, 0) is 9.59 Å². The molecule has 1 saturated heterocycles. The van der Waals surface area contributed by atoms with Crippen LogP contribution in [0.2, 0.25) is 5.02 Å². The largest absolute Gasteiger partial charge is 0.315 e. The molecule has 5 rings (SSSR count). The maximum absolute atomic E-state index is 13.3. The zero-order valence-corrected chi connectivity index (χ0v) is 19.7. The van der Waals surface area contributed by atoms with E-state index >= 15 is 0 Å². The van der Waals surface area contributed by atoms with Gasteiger partial charge >= 0.3 is 0 Å². The molecule has 0 spiro atoms. The first-order valence-corrected chi connectivity index (χ1v) is 11.5.